The van der Waals surface area contributed by atoms with Crippen molar-refractivity contribution in [2.75, 3.05) is 11.5 Å². The second kappa shape index (κ2) is 1.89. The molecule has 0 bridgehead atoms. The summed E-state index contributed by atoms with van der Waals surface area (Å²) in [4.78, 5) is 0. The Morgan fingerprint density at radius 2 is 2.00 bits per heavy atom. The summed E-state index contributed by atoms with van der Waals surface area (Å²) in [5, 5.41) is 0. The minimum absolute atomic E-state index is 0.00347. The van der Waals surface area contributed by atoms with Gasteiger partial charge in [-0.3, -0.25) is 0 Å². The van der Waals surface area contributed by atoms with Gasteiger partial charge in [-0.05, 0) is 16.2 Å². The largest absolute Gasteiger partial charge is 0.217 e. The molecule has 1 fully saturated rings. The SMILES string of the molecule is CC1(C)CSS(=O)(=O)C1. The zero-order valence-corrected chi connectivity index (χ0v) is 7.18. The molecule has 0 radical (unpaired) electrons. The van der Waals surface area contributed by atoms with Gasteiger partial charge in [-0.2, -0.15) is 0 Å². The van der Waals surface area contributed by atoms with Crippen molar-refractivity contribution in [1.29, 1.82) is 0 Å². The van der Waals surface area contributed by atoms with Gasteiger partial charge in [0.25, 0.3) is 0 Å². The molecule has 0 spiro atoms. The van der Waals surface area contributed by atoms with Crippen LogP contribution in [0.1, 0.15) is 13.8 Å². The standard InChI is InChI=1S/C5H10O2S2/c1-5(2)3-8-9(6,7)4-5/h3-4H2,1-2H3. The summed E-state index contributed by atoms with van der Waals surface area (Å²) in [7, 11) is -1.66. The van der Waals surface area contributed by atoms with E-state index in [0.717, 1.165) is 16.5 Å². The van der Waals surface area contributed by atoms with Crippen LogP contribution in [0.2, 0.25) is 0 Å². The van der Waals surface area contributed by atoms with Crippen LogP contribution in [-0.2, 0) is 8.87 Å². The predicted octanol–water partition coefficient (Wildman–Crippen LogP) is 1.09. The van der Waals surface area contributed by atoms with Gasteiger partial charge in [-0.15, -0.1) is 0 Å². The van der Waals surface area contributed by atoms with Crippen molar-refractivity contribution in [2.45, 2.75) is 13.8 Å². The van der Waals surface area contributed by atoms with Gasteiger partial charge in [-0.1, -0.05) is 13.8 Å². The summed E-state index contributed by atoms with van der Waals surface area (Å²) in [6.45, 7) is 3.95. The highest BCUT2D eigenvalue weighted by Crippen LogP contribution is 2.36. The van der Waals surface area contributed by atoms with Crippen LogP contribution in [0, 0.1) is 5.41 Å². The van der Waals surface area contributed by atoms with Crippen molar-refractivity contribution < 1.29 is 8.42 Å². The molecule has 1 heterocycles. The Morgan fingerprint density at radius 3 is 2.11 bits per heavy atom. The summed E-state index contributed by atoms with van der Waals surface area (Å²) in [6, 6.07) is 0. The van der Waals surface area contributed by atoms with Gasteiger partial charge in [0.2, 0.25) is 8.87 Å². The van der Waals surface area contributed by atoms with E-state index < -0.39 is 8.87 Å². The smallest absolute Gasteiger partial charge is 0.202 e. The molecule has 0 unspecified atom stereocenters. The number of hydrogen-bond acceptors (Lipinski definition) is 3. The van der Waals surface area contributed by atoms with Crippen LogP contribution in [0.15, 0.2) is 0 Å². The zero-order chi connectivity index (χ0) is 7.12. The lowest BCUT2D eigenvalue weighted by Gasteiger charge is -2.10. The highest BCUT2D eigenvalue weighted by molar-refractivity contribution is 8.72. The Hall–Kier alpha value is 0.300. The molecule has 0 saturated carbocycles. The van der Waals surface area contributed by atoms with Crippen LogP contribution in [0.25, 0.3) is 0 Å². The lowest BCUT2D eigenvalue weighted by molar-refractivity contribution is 0.485. The van der Waals surface area contributed by atoms with Crippen LogP contribution in [0.3, 0.4) is 0 Å². The molecule has 0 atom stereocenters. The molecule has 0 amide bonds. The fourth-order valence-corrected chi connectivity index (χ4v) is 5.39. The average molecular weight is 166 g/mol. The fraction of sp³-hybridized carbons (Fsp3) is 1.00. The van der Waals surface area contributed by atoms with E-state index in [1.807, 2.05) is 13.8 Å². The molecule has 4 heteroatoms. The monoisotopic (exact) mass is 166 g/mol. The highest BCUT2D eigenvalue weighted by Gasteiger charge is 2.34. The first-order valence-electron chi connectivity index (χ1n) is 2.78. The summed E-state index contributed by atoms with van der Waals surface area (Å²) >= 11 is 0. The second-order valence-corrected chi connectivity index (χ2v) is 7.29. The van der Waals surface area contributed by atoms with E-state index in [9.17, 15) is 8.42 Å². The van der Waals surface area contributed by atoms with E-state index >= 15 is 0 Å². The van der Waals surface area contributed by atoms with Crippen LogP contribution in [-0.4, -0.2) is 19.9 Å². The Labute approximate surface area is 59.3 Å². The molecule has 1 aliphatic rings. The van der Waals surface area contributed by atoms with Gasteiger partial charge in [-0.25, -0.2) is 8.42 Å². The van der Waals surface area contributed by atoms with E-state index in [2.05, 4.69) is 0 Å². The second-order valence-electron chi connectivity index (χ2n) is 3.13. The third-order valence-electron chi connectivity index (χ3n) is 1.20. The van der Waals surface area contributed by atoms with Crippen molar-refractivity contribution in [3.8, 4) is 0 Å². The molecule has 0 aliphatic carbocycles. The third kappa shape index (κ3) is 1.86. The summed E-state index contributed by atoms with van der Waals surface area (Å²) in [5.74, 6) is 1.08. The molecule has 9 heavy (non-hydrogen) atoms. The van der Waals surface area contributed by atoms with Gasteiger partial charge >= 0.3 is 0 Å². The normalized spacial score (nSPS) is 30.4. The summed E-state index contributed by atoms with van der Waals surface area (Å²) in [6.07, 6.45) is 0. The maximum absolute atomic E-state index is 10.8. The minimum atomic E-state index is -2.74. The quantitative estimate of drug-likeness (QED) is 0.505. The van der Waals surface area contributed by atoms with E-state index in [1.54, 1.807) is 0 Å². The molecule has 0 aromatic carbocycles. The van der Waals surface area contributed by atoms with Crippen molar-refractivity contribution >= 4 is 19.7 Å². The Morgan fingerprint density at radius 1 is 1.44 bits per heavy atom. The highest BCUT2D eigenvalue weighted by atomic mass is 33.1. The van der Waals surface area contributed by atoms with Gasteiger partial charge in [0, 0.05) is 5.75 Å². The van der Waals surface area contributed by atoms with Gasteiger partial charge in [0.1, 0.15) is 0 Å². The van der Waals surface area contributed by atoms with Crippen molar-refractivity contribution in [1.82, 2.24) is 0 Å². The van der Waals surface area contributed by atoms with Crippen molar-refractivity contribution in [3.05, 3.63) is 0 Å². The minimum Gasteiger partial charge on any atom is -0.217 e. The lowest BCUT2D eigenvalue weighted by atomic mass is 10.0. The maximum Gasteiger partial charge on any atom is 0.202 e. The summed E-state index contributed by atoms with van der Waals surface area (Å²) in [5.41, 5.74) is 0.00347. The van der Waals surface area contributed by atoms with Gasteiger partial charge in [0.15, 0.2) is 0 Å². The van der Waals surface area contributed by atoms with Crippen LogP contribution in [0.4, 0.5) is 0 Å². The molecular formula is C5H10O2S2. The Kier molecular flexibility index (Phi) is 1.56. The molecule has 54 valence electrons. The molecule has 0 aromatic heterocycles. The van der Waals surface area contributed by atoms with Gasteiger partial charge in [0.05, 0.1) is 5.75 Å². The van der Waals surface area contributed by atoms with E-state index in [1.165, 1.54) is 0 Å². The molecule has 1 saturated heterocycles. The first-order valence-corrected chi connectivity index (χ1v) is 5.94. The van der Waals surface area contributed by atoms with Crippen LogP contribution < -0.4 is 0 Å². The van der Waals surface area contributed by atoms with Gasteiger partial charge < -0.3 is 0 Å². The Balaban J connectivity index is 2.81. The number of hydrogen-bond donors (Lipinski definition) is 0. The average Bonchev–Trinajstić information content (AvgIpc) is 1.78. The zero-order valence-electron chi connectivity index (χ0n) is 5.55. The first kappa shape index (κ1) is 7.41. The molecule has 0 N–H and O–H groups in total. The lowest BCUT2D eigenvalue weighted by Crippen LogP contribution is -2.15. The Bertz CT molecular complexity index is 203. The van der Waals surface area contributed by atoms with E-state index in [4.69, 9.17) is 0 Å². The molecular weight excluding hydrogens is 156 g/mol. The molecule has 1 aliphatic heterocycles. The fourth-order valence-electron chi connectivity index (χ4n) is 0.811. The number of rotatable bonds is 0. The topological polar surface area (TPSA) is 34.1 Å². The molecule has 1 rings (SSSR count). The summed E-state index contributed by atoms with van der Waals surface area (Å²) < 4.78 is 21.6. The van der Waals surface area contributed by atoms with Crippen LogP contribution >= 0.6 is 10.8 Å². The molecule has 2 nitrogen and oxygen atoms in total. The first-order chi connectivity index (χ1) is 3.91. The van der Waals surface area contributed by atoms with E-state index in [-0.39, 0.29) is 5.41 Å². The predicted molar refractivity (Wildman–Crippen MR) is 40.0 cm³/mol. The maximum atomic E-state index is 10.8. The third-order valence-corrected chi connectivity index (χ3v) is 5.37. The molecule has 0 aromatic rings. The van der Waals surface area contributed by atoms with E-state index in [0.29, 0.717) is 5.75 Å². The van der Waals surface area contributed by atoms with Crippen molar-refractivity contribution in [2.24, 2.45) is 5.41 Å². The van der Waals surface area contributed by atoms with Crippen molar-refractivity contribution in [3.63, 3.8) is 0 Å². The van der Waals surface area contributed by atoms with Crippen LogP contribution in [0.5, 0.6) is 0 Å².